The minimum Gasteiger partial charge on any atom is -0.367 e. The number of aryl methyl sites for hydroxylation is 2. The van der Waals surface area contributed by atoms with E-state index in [2.05, 4.69) is 15.3 Å². The number of carbonyl (C=O) groups is 1. The van der Waals surface area contributed by atoms with Gasteiger partial charge in [-0.1, -0.05) is 0 Å². The van der Waals surface area contributed by atoms with Crippen LogP contribution in [0.3, 0.4) is 0 Å². The van der Waals surface area contributed by atoms with Crippen LogP contribution >= 0.6 is 34.9 Å². The Labute approximate surface area is 211 Å². The number of fused-ring (bicyclic) bond motifs is 1. The quantitative estimate of drug-likeness (QED) is 0.251. The largest absolute Gasteiger partial charge is 0.367 e. The highest BCUT2D eigenvalue weighted by Gasteiger charge is 2.31. The third kappa shape index (κ3) is 4.91. The molecule has 0 radical (unpaired) electrons. The standard InChI is InChI=1S/C23H27N5O3S3/c1-12-16(22-20-18(5-6-30-22)33-13(2)27-20)8-19(32-12)21(29)17-9-25-11-26-23(17)28-15-4-3-14(7-15)10-31-34-24/h8-9,11,14-15,22H,3-7,10,24H2,1-2H3,(H,25,26,28). The number of hydrogen-bond acceptors (Lipinski definition) is 11. The molecule has 0 amide bonds. The summed E-state index contributed by atoms with van der Waals surface area (Å²) in [5.41, 5.74) is 2.50. The third-order valence-corrected chi connectivity index (χ3v) is 8.75. The molecule has 0 saturated heterocycles. The maximum absolute atomic E-state index is 13.5. The average Bonchev–Trinajstić information content (AvgIpc) is 3.55. The second kappa shape index (κ2) is 10.4. The van der Waals surface area contributed by atoms with E-state index in [1.54, 1.807) is 17.5 Å². The molecule has 0 aromatic carbocycles. The van der Waals surface area contributed by atoms with Crippen LogP contribution in [0.2, 0.25) is 0 Å². The summed E-state index contributed by atoms with van der Waals surface area (Å²) >= 11 is 4.13. The van der Waals surface area contributed by atoms with E-state index < -0.39 is 0 Å². The van der Waals surface area contributed by atoms with Crippen LogP contribution in [-0.2, 0) is 15.3 Å². The number of hydrogen-bond donors (Lipinski definition) is 2. The minimum atomic E-state index is -0.222. The molecular formula is C23H27N5O3S3. The zero-order valence-electron chi connectivity index (χ0n) is 19.1. The number of aromatic nitrogens is 3. The molecule has 8 nitrogen and oxygen atoms in total. The maximum atomic E-state index is 13.5. The summed E-state index contributed by atoms with van der Waals surface area (Å²) in [7, 11) is 0. The van der Waals surface area contributed by atoms with Gasteiger partial charge in [-0.15, -0.1) is 22.7 Å². The Kier molecular flexibility index (Phi) is 7.28. The van der Waals surface area contributed by atoms with Crippen LogP contribution in [0, 0.1) is 19.8 Å². The van der Waals surface area contributed by atoms with Gasteiger partial charge in [-0.25, -0.2) is 15.0 Å². The summed E-state index contributed by atoms with van der Waals surface area (Å²) in [6.07, 6.45) is 6.76. The Hall–Kier alpha value is -1.89. The van der Waals surface area contributed by atoms with Crippen LogP contribution in [0.4, 0.5) is 5.82 Å². The van der Waals surface area contributed by atoms with Crippen molar-refractivity contribution in [1.82, 2.24) is 15.0 Å². The second-order valence-electron chi connectivity index (χ2n) is 8.68. The van der Waals surface area contributed by atoms with Crippen LogP contribution in [0.5, 0.6) is 0 Å². The van der Waals surface area contributed by atoms with Crippen molar-refractivity contribution in [3.63, 3.8) is 0 Å². The van der Waals surface area contributed by atoms with Crippen molar-refractivity contribution < 1.29 is 13.7 Å². The molecule has 5 rings (SSSR count). The lowest BCUT2D eigenvalue weighted by Gasteiger charge is -2.22. The molecule has 1 fully saturated rings. The molecule has 1 saturated carbocycles. The van der Waals surface area contributed by atoms with E-state index >= 15 is 0 Å². The second-order valence-corrected chi connectivity index (χ2v) is 11.7. The molecule has 3 N–H and O–H groups in total. The predicted octanol–water partition coefficient (Wildman–Crippen LogP) is 4.62. The van der Waals surface area contributed by atoms with Gasteiger partial charge in [0.25, 0.3) is 0 Å². The van der Waals surface area contributed by atoms with Crippen molar-refractivity contribution in [3.8, 4) is 0 Å². The van der Waals surface area contributed by atoms with Crippen LogP contribution in [0.25, 0.3) is 0 Å². The molecule has 0 spiro atoms. The molecule has 1 aliphatic carbocycles. The fraction of sp³-hybridized carbons (Fsp3) is 0.478. The Bertz CT molecular complexity index is 1180. The average molecular weight is 518 g/mol. The number of nitrogens with zero attached hydrogens (tertiary/aromatic N) is 3. The highest BCUT2D eigenvalue weighted by molar-refractivity contribution is 7.92. The van der Waals surface area contributed by atoms with E-state index in [-0.39, 0.29) is 17.9 Å². The zero-order valence-corrected chi connectivity index (χ0v) is 21.5. The van der Waals surface area contributed by atoms with Gasteiger partial charge in [-0.3, -0.25) is 9.93 Å². The SMILES string of the molecule is Cc1nc2c(s1)CCOC2c1cc(C(=O)c2cncnc2NC2CCC(COSN)C2)sc1C. The van der Waals surface area contributed by atoms with Crippen LogP contribution < -0.4 is 10.5 Å². The van der Waals surface area contributed by atoms with Gasteiger partial charge >= 0.3 is 0 Å². The van der Waals surface area contributed by atoms with E-state index in [1.807, 2.05) is 19.9 Å². The van der Waals surface area contributed by atoms with Crippen molar-refractivity contribution in [1.29, 1.82) is 0 Å². The predicted molar refractivity (Wildman–Crippen MR) is 135 cm³/mol. The first-order chi connectivity index (χ1) is 16.5. The van der Waals surface area contributed by atoms with Crippen molar-refractivity contribution >= 4 is 46.5 Å². The van der Waals surface area contributed by atoms with Gasteiger partial charge in [-0.05, 0) is 45.1 Å². The maximum Gasteiger partial charge on any atom is 0.208 e. The number of thiophene rings is 1. The molecule has 3 unspecified atom stereocenters. The Balaban J connectivity index is 1.36. The molecule has 2 aliphatic rings. The van der Waals surface area contributed by atoms with Crippen molar-refractivity contribution in [3.05, 3.63) is 55.1 Å². The van der Waals surface area contributed by atoms with Gasteiger partial charge < -0.3 is 14.2 Å². The molecule has 3 aromatic rings. The van der Waals surface area contributed by atoms with Crippen molar-refractivity contribution in [2.24, 2.45) is 11.1 Å². The van der Waals surface area contributed by atoms with Gasteiger partial charge in [0.1, 0.15) is 18.2 Å². The van der Waals surface area contributed by atoms with Gasteiger partial charge in [-0.2, -0.15) is 0 Å². The number of anilines is 1. The van der Waals surface area contributed by atoms with Crippen LogP contribution in [0.1, 0.15) is 66.6 Å². The number of nitrogens with two attached hydrogens (primary N) is 1. The Morgan fingerprint density at radius 3 is 3.09 bits per heavy atom. The lowest BCUT2D eigenvalue weighted by Crippen LogP contribution is -2.20. The molecular weight excluding hydrogens is 490 g/mol. The summed E-state index contributed by atoms with van der Waals surface area (Å²) in [4.78, 5) is 29.8. The summed E-state index contributed by atoms with van der Waals surface area (Å²) < 4.78 is 11.4. The molecule has 4 heterocycles. The first kappa shape index (κ1) is 23.8. The molecule has 11 heteroatoms. The van der Waals surface area contributed by atoms with Crippen LogP contribution in [-0.4, -0.2) is 40.0 Å². The van der Waals surface area contributed by atoms with E-state index in [0.29, 0.717) is 35.4 Å². The molecule has 3 aromatic heterocycles. The molecule has 3 atom stereocenters. The van der Waals surface area contributed by atoms with Crippen molar-refractivity contribution in [2.45, 2.75) is 51.7 Å². The minimum absolute atomic E-state index is 0.0784. The highest BCUT2D eigenvalue weighted by atomic mass is 32.2. The van der Waals surface area contributed by atoms with Crippen LogP contribution in [0.15, 0.2) is 18.6 Å². The number of thiazole rings is 1. The Morgan fingerprint density at radius 1 is 1.35 bits per heavy atom. The molecule has 0 bridgehead atoms. The van der Waals surface area contributed by atoms with E-state index in [0.717, 1.165) is 59.1 Å². The van der Waals surface area contributed by atoms with Gasteiger partial charge in [0, 0.05) is 34.0 Å². The molecule has 1 aliphatic heterocycles. The molecule has 34 heavy (non-hydrogen) atoms. The normalized spacial score (nSPS) is 22.0. The first-order valence-electron chi connectivity index (χ1n) is 11.3. The number of rotatable bonds is 8. The lowest BCUT2D eigenvalue weighted by molar-refractivity contribution is 0.0679. The summed E-state index contributed by atoms with van der Waals surface area (Å²) in [6, 6.07) is 2.20. The zero-order chi connectivity index (χ0) is 23.7. The number of ketones is 1. The van der Waals surface area contributed by atoms with Gasteiger partial charge in [0.05, 0.1) is 46.6 Å². The van der Waals surface area contributed by atoms with E-state index in [4.69, 9.17) is 19.0 Å². The highest BCUT2D eigenvalue weighted by Crippen LogP contribution is 2.39. The van der Waals surface area contributed by atoms with E-state index in [9.17, 15) is 4.79 Å². The van der Waals surface area contributed by atoms with E-state index in [1.165, 1.54) is 22.5 Å². The topological polar surface area (TPSA) is 112 Å². The monoisotopic (exact) mass is 517 g/mol. The fourth-order valence-electron chi connectivity index (χ4n) is 4.75. The fourth-order valence-corrected chi connectivity index (χ4v) is 6.97. The van der Waals surface area contributed by atoms with Crippen molar-refractivity contribution in [2.75, 3.05) is 18.5 Å². The summed E-state index contributed by atoms with van der Waals surface area (Å²) in [5.74, 6) is 0.954. The van der Waals surface area contributed by atoms with Gasteiger partial charge in [0.15, 0.2) is 0 Å². The first-order valence-corrected chi connectivity index (χ1v) is 13.7. The third-order valence-electron chi connectivity index (χ3n) is 6.37. The Morgan fingerprint density at radius 2 is 2.24 bits per heavy atom. The lowest BCUT2D eigenvalue weighted by atomic mass is 10.0. The number of carbonyl (C=O) groups excluding carboxylic acids is 1. The number of ether oxygens (including phenoxy) is 1. The number of nitrogens with one attached hydrogen (secondary N) is 1. The summed E-state index contributed by atoms with van der Waals surface area (Å²) in [5, 5.41) is 9.89. The van der Waals surface area contributed by atoms with Gasteiger partial charge in [0.2, 0.25) is 5.78 Å². The molecule has 180 valence electrons. The summed E-state index contributed by atoms with van der Waals surface area (Å²) in [6.45, 7) is 5.36. The smallest absolute Gasteiger partial charge is 0.208 e.